The van der Waals surface area contributed by atoms with Gasteiger partial charge in [0.2, 0.25) is 0 Å². The van der Waals surface area contributed by atoms with Crippen molar-refractivity contribution in [2.75, 3.05) is 18.5 Å². The predicted molar refractivity (Wildman–Crippen MR) is 84.6 cm³/mol. The Morgan fingerprint density at radius 2 is 1.91 bits per heavy atom. The molecular formula is C17H18N2O3. The summed E-state index contributed by atoms with van der Waals surface area (Å²) in [4.78, 5) is 23.9. The molecule has 1 atom stereocenters. The highest BCUT2D eigenvalue weighted by molar-refractivity contribution is 6.40. The molecule has 2 aromatic carbocycles. The van der Waals surface area contributed by atoms with E-state index in [0.717, 1.165) is 30.2 Å². The molecule has 114 valence electrons. The summed E-state index contributed by atoms with van der Waals surface area (Å²) in [5, 5.41) is 7.21. The fraction of sp³-hybridized carbons (Fsp3) is 0.294. The van der Waals surface area contributed by atoms with E-state index >= 15 is 0 Å². The van der Waals surface area contributed by atoms with E-state index in [0.29, 0.717) is 12.2 Å². The first-order chi connectivity index (χ1) is 10.7. The maximum absolute atomic E-state index is 12.0. The molecule has 5 heteroatoms. The fourth-order valence-electron chi connectivity index (χ4n) is 2.61. The summed E-state index contributed by atoms with van der Waals surface area (Å²) in [5.74, 6) is -1.29. The van der Waals surface area contributed by atoms with Crippen molar-refractivity contribution >= 4 is 28.3 Å². The van der Waals surface area contributed by atoms with Crippen molar-refractivity contribution in [3.05, 3.63) is 42.5 Å². The molecule has 2 aromatic rings. The second-order valence-electron chi connectivity index (χ2n) is 5.33. The highest BCUT2D eigenvalue weighted by Gasteiger charge is 2.19. The Kier molecular flexibility index (Phi) is 4.34. The van der Waals surface area contributed by atoms with E-state index < -0.39 is 11.8 Å². The van der Waals surface area contributed by atoms with E-state index in [-0.39, 0.29) is 6.10 Å². The van der Waals surface area contributed by atoms with Crippen molar-refractivity contribution in [2.24, 2.45) is 0 Å². The summed E-state index contributed by atoms with van der Waals surface area (Å²) in [6.07, 6.45) is 1.95. The van der Waals surface area contributed by atoms with Gasteiger partial charge >= 0.3 is 11.8 Å². The number of nitrogens with one attached hydrogen (secondary N) is 2. The van der Waals surface area contributed by atoms with Crippen molar-refractivity contribution in [3.63, 3.8) is 0 Å². The van der Waals surface area contributed by atoms with Gasteiger partial charge in [0.25, 0.3) is 0 Å². The zero-order valence-electron chi connectivity index (χ0n) is 12.2. The van der Waals surface area contributed by atoms with Gasteiger partial charge in [0.05, 0.1) is 6.10 Å². The van der Waals surface area contributed by atoms with Crippen molar-refractivity contribution in [2.45, 2.75) is 18.9 Å². The maximum Gasteiger partial charge on any atom is 0.313 e. The van der Waals surface area contributed by atoms with Crippen molar-refractivity contribution < 1.29 is 14.3 Å². The zero-order chi connectivity index (χ0) is 15.4. The molecule has 0 unspecified atom stereocenters. The van der Waals surface area contributed by atoms with Gasteiger partial charge in [-0.1, -0.05) is 36.4 Å². The molecule has 22 heavy (non-hydrogen) atoms. The molecule has 1 heterocycles. The van der Waals surface area contributed by atoms with Gasteiger partial charge in [-0.05, 0) is 24.3 Å². The number of benzene rings is 2. The molecule has 0 aromatic heterocycles. The summed E-state index contributed by atoms with van der Waals surface area (Å²) in [6, 6.07) is 13.3. The summed E-state index contributed by atoms with van der Waals surface area (Å²) in [7, 11) is 0. The van der Waals surface area contributed by atoms with Gasteiger partial charge in [0.15, 0.2) is 0 Å². The van der Waals surface area contributed by atoms with Crippen LogP contribution in [0.2, 0.25) is 0 Å². The van der Waals surface area contributed by atoms with E-state index in [4.69, 9.17) is 4.74 Å². The number of hydrogen-bond donors (Lipinski definition) is 2. The summed E-state index contributed by atoms with van der Waals surface area (Å²) in [5.41, 5.74) is 0.635. The molecule has 1 fully saturated rings. The Morgan fingerprint density at radius 1 is 1.09 bits per heavy atom. The third-order valence-electron chi connectivity index (χ3n) is 3.76. The third kappa shape index (κ3) is 3.26. The fourth-order valence-corrected chi connectivity index (χ4v) is 2.61. The Hall–Kier alpha value is -2.40. The summed E-state index contributed by atoms with van der Waals surface area (Å²) >= 11 is 0. The van der Waals surface area contributed by atoms with Crippen molar-refractivity contribution in [3.8, 4) is 0 Å². The molecule has 0 spiro atoms. The van der Waals surface area contributed by atoms with Crippen molar-refractivity contribution in [1.82, 2.24) is 5.32 Å². The number of anilines is 1. The average molecular weight is 298 g/mol. The van der Waals surface area contributed by atoms with E-state index in [9.17, 15) is 9.59 Å². The minimum atomic E-state index is -0.658. The molecule has 0 radical (unpaired) electrons. The molecule has 2 N–H and O–H groups in total. The van der Waals surface area contributed by atoms with E-state index in [2.05, 4.69) is 10.6 Å². The van der Waals surface area contributed by atoms with Gasteiger partial charge in [0.1, 0.15) is 0 Å². The summed E-state index contributed by atoms with van der Waals surface area (Å²) < 4.78 is 5.41. The molecule has 0 aliphatic carbocycles. The van der Waals surface area contributed by atoms with Gasteiger partial charge in [-0.25, -0.2) is 0 Å². The SMILES string of the molecule is O=C(NC[C@@H]1CCCO1)C(=O)Nc1cccc2ccccc12. The van der Waals surface area contributed by atoms with Gasteiger partial charge in [-0.3, -0.25) is 9.59 Å². The topological polar surface area (TPSA) is 67.4 Å². The quantitative estimate of drug-likeness (QED) is 0.853. The number of carbonyl (C=O) groups excluding carboxylic acids is 2. The van der Waals surface area contributed by atoms with Crippen LogP contribution in [-0.4, -0.2) is 31.1 Å². The molecule has 0 bridgehead atoms. The standard InChI is InChI=1S/C17H18N2O3/c20-16(18-11-13-7-4-10-22-13)17(21)19-15-9-3-6-12-5-1-2-8-14(12)15/h1-3,5-6,8-9,13H,4,7,10-11H2,(H,18,20)(H,19,21)/t13-/m0/s1. The van der Waals surface area contributed by atoms with Crippen LogP contribution in [0.5, 0.6) is 0 Å². The Bertz CT molecular complexity index is 688. The maximum atomic E-state index is 12.0. The number of carbonyl (C=O) groups is 2. The van der Waals surface area contributed by atoms with Crippen LogP contribution in [0, 0.1) is 0 Å². The van der Waals surface area contributed by atoms with Gasteiger partial charge in [0, 0.05) is 24.2 Å². The number of rotatable bonds is 3. The van der Waals surface area contributed by atoms with Gasteiger partial charge < -0.3 is 15.4 Å². The number of amides is 2. The van der Waals surface area contributed by atoms with Crippen LogP contribution in [-0.2, 0) is 14.3 Å². The molecule has 2 amide bonds. The van der Waals surface area contributed by atoms with Crippen LogP contribution in [0.1, 0.15) is 12.8 Å². The highest BCUT2D eigenvalue weighted by atomic mass is 16.5. The van der Waals surface area contributed by atoms with E-state index in [1.54, 1.807) is 6.07 Å². The van der Waals surface area contributed by atoms with Crippen LogP contribution in [0.3, 0.4) is 0 Å². The predicted octanol–water partition coefficient (Wildman–Crippen LogP) is 2.07. The Balaban J connectivity index is 1.63. The first-order valence-corrected chi connectivity index (χ1v) is 7.42. The van der Waals surface area contributed by atoms with Crippen molar-refractivity contribution in [1.29, 1.82) is 0 Å². The lowest BCUT2D eigenvalue weighted by Crippen LogP contribution is -2.39. The number of fused-ring (bicyclic) bond motifs is 1. The lowest BCUT2D eigenvalue weighted by atomic mass is 10.1. The highest BCUT2D eigenvalue weighted by Crippen LogP contribution is 2.22. The molecule has 0 saturated carbocycles. The molecule has 3 rings (SSSR count). The molecule has 1 saturated heterocycles. The van der Waals surface area contributed by atoms with Gasteiger partial charge in [-0.15, -0.1) is 0 Å². The Morgan fingerprint density at radius 3 is 2.73 bits per heavy atom. The lowest BCUT2D eigenvalue weighted by molar-refractivity contribution is -0.136. The molecule has 1 aliphatic rings. The van der Waals surface area contributed by atoms with Gasteiger partial charge in [-0.2, -0.15) is 0 Å². The zero-order valence-corrected chi connectivity index (χ0v) is 12.2. The smallest absolute Gasteiger partial charge is 0.313 e. The van der Waals surface area contributed by atoms with Crippen LogP contribution in [0.25, 0.3) is 10.8 Å². The summed E-state index contributed by atoms with van der Waals surface area (Å²) in [6.45, 7) is 1.10. The number of hydrogen-bond acceptors (Lipinski definition) is 3. The minimum Gasteiger partial charge on any atom is -0.376 e. The Labute approximate surface area is 128 Å². The van der Waals surface area contributed by atoms with Crippen LogP contribution >= 0.6 is 0 Å². The molecule has 1 aliphatic heterocycles. The first kappa shape index (κ1) is 14.5. The third-order valence-corrected chi connectivity index (χ3v) is 3.76. The van der Waals surface area contributed by atoms with Crippen LogP contribution in [0.15, 0.2) is 42.5 Å². The van der Waals surface area contributed by atoms with E-state index in [1.165, 1.54) is 0 Å². The van der Waals surface area contributed by atoms with Crippen LogP contribution in [0.4, 0.5) is 5.69 Å². The second kappa shape index (κ2) is 6.58. The molecular weight excluding hydrogens is 280 g/mol. The largest absolute Gasteiger partial charge is 0.376 e. The normalized spacial score (nSPS) is 17.4. The van der Waals surface area contributed by atoms with Crippen LogP contribution < -0.4 is 10.6 Å². The minimum absolute atomic E-state index is 0.0225. The molecule has 5 nitrogen and oxygen atoms in total. The average Bonchev–Trinajstić information content (AvgIpc) is 3.06. The lowest BCUT2D eigenvalue weighted by Gasteiger charge is -2.11. The van der Waals surface area contributed by atoms with E-state index in [1.807, 2.05) is 36.4 Å². The monoisotopic (exact) mass is 298 g/mol. The first-order valence-electron chi connectivity index (χ1n) is 7.42. The number of ether oxygens (including phenoxy) is 1. The second-order valence-corrected chi connectivity index (χ2v) is 5.33.